The molecule has 6 rings (SSSR count). The lowest BCUT2D eigenvalue weighted by molar-refractivity contribution is -0.135. The molecule has 1 aromatic carbocycles. The number of aromatic nitrogens is 3. The van der Waals surface area contributed by atoms with Gasteiger partial charge >= 0.3 is 0 Å². The number of halogens is 1. The molecule has 158 valence electrons. The first-order chi connectivity index (χ1) is 14.9. The van der Waals surface area contributed by atoms with Gasteiger partial charge in [0, 0.05) is 34.1 Å². The predicted molar refractivity (Wildman–Crippen MR) is 118 cm³/mol. The fourth-order valence-corrected chi connectivity index (χ4v) is 4.71. The lowest BCUT2D eigenvalue weighted by atomic mass is 9.44. The van der Waals surface area contributed by atoms with Gasteiger partial charge in [0.2, 0.25) is 0 Å². The summed E-state index contributed by atoms with van der Waals surface area (Å²) in [5.41, 5.74) is 2.46. The summed E-state index contributed by atoms with van der Waals surface area (Å²) in [5.74, 6) is 1.27. The Morgan fingerprint density at radius 3 is 2.71 bits per heavy atom. The SMILES string of the molecule is Cc1cc(OCC(=O)NC23CC(Nc4cncc(-c5cccnc5)n4)(C2)C3)ccc1Cl. The zero-order valence-corrected chi connectivity index (χ0v) is 17.8. The number of carbonyl (C=O) groups is 1. The summed E-state index contributed by atoms with van der Waals surface area (Å²) in [6.07, 6.45) is 9.56. The standard InChI is InChI=1S/C23H22ClN5O2/c1-15-7-17(4-5-18(15)24)31-11-21(30)29-23-12-22(13-23,14-23)28-20-10-26-9-19(27-20)16-3-2-6-25-8-16/h2-10H,11-14H2,1H3,(H,27,28)(H,29,30). The van der Waals surface area contributed by atoms with Crippen molar-refractivity contribution in [1.82, 2.24) is 20.3 Å². The smallest absolute Gasteiger partial charge is 0.258 e. The molecule has 2 N–H and O–H groups in total. The highest BCUT2D eigenvalue weighted by Gasteiger charge is 2.68. The highest BCUT2D eigenvalue weighted by Crippen LogP contribution is 2.61. The number of anilines is 1. The summed E-state index contributed by atoms with van der Waals surface area (Å²) in [6, 6.07) is 9.20. The van der Waals surface area contributed by atoms with Crippen LogP contribution in [0.3, 0.4) is 0 Å². The van der Waals surface area contributed by atoms with Crippen LogP contribution in [-0.4, -0.2) is 38.5 Å². The normalized spacial score (nSPS) is 23.3. The zero-order valence-electron chi connectivity index (χ0n) is 17.1. The van der Waals surface area contributed by atoms with E-state index < -0.39 is 0 Å². The molecule has 3 aliphatic carbocycles. The minimum Gasteiger partial charge on any atom is -0.484 e. The van der Waals surface area contributed by atoms with Crippen LogP contribution in [0.4, 0.5) is 5.82 Å². The van der Waals surface area contributed by atoms with Crippen LogP contribution in [0.5, 0.6) is 5.75 Å². The van der Waals surface area contributed by atoms with Gasteiger partial charge in [0.1, 0.15) is 11.6 Å². The van der Waals surface area contributed by atoms with E-state index in [0.29, 0.717) is 10.8 Å². The van der Waals surface area contributed by atoms with Crippen molar-refractivity contribution in [2.75, 3.05) is 11.9 Å². The van der Waals surface area contributed by atoms with E-state index in [2.05, 4.69) is 25.6 Å². The van der Waals surface area contributed by atoms with Crippen LogP contribution in [-0.2, 0) is 4.79 Å². The van der Waals surface area contributed by atoms with Gasteiger partial charge in [0.15, 0.2) is 6.61 Å². The largest absolute Gasteiger partial charge is 0.484 e. The molecule has 0 unspecified atom stereocenters. The molecule has 0 atom stereocenters. The first-order valence-corrected chi connectivity index (χ1v) is 10.5. The van der Waals surface area contributed by atoms with Gasteiger partial charge in [-0.1, -0.05) is 11.6 Å². The summed E-state index contributed by atoms with van der Waals surface area (Å²) in [4.78, 5) is 25.5. The number of benzene rings is 1. The molecular weight excluding hydrogens is 414 g/mol. The molecule has 7 nitrogen and oxygen atoms in total. The van der Waals surface area contributed by atoms with Crippen LogP contribution in [0.25, 0.3) is 11.3 Å². The van der Waals surface area contributed by atoms with Crippen LogP contribution < -0.4 is 15.4 Å². The van der Waals surface area contributed by atoms with Crippen LogP contribution in [0.2, 0.25) is 5.02 Å². The van der Waals surface area contributed by atoms with Crippen molar-refractivity contribution < 1.29 is 9.53 Å². The second-order valence-electron chi connectivity index (χ2n) is 8.50. The van der Waals surface area contributed by atoms with E-state index in [0.717, 1.165) is 41.9 Å². The number of hydrogen-bond acceptors (Lipinski definition) is 6. The second-order valence-corrected chi connectivity index (χ2v) is 8.90. The van der Waals surface area contributed by atoms with Gasteiger partial charge < -0.3 is 15.4 Å². The molecule has 3 saturated carbocycles. The number of hydrogen-bond donors (Lipinski definition) is 2. The highest BCUT2D eigenvalue weighted by molar-refractivity contribution is 6.31. The van der Waals surface area contributed by atoms with Crippen molar-refractivity contribution >= 4 is 23.3 Å². The van der Waals surface area contributed by atoms with E-state index in [-0.39, 0.29) is 23.6 Å². The van der Waals surface area contributed by atoms with Gasteiger partial charge in [-0.05, 0) is 62.1 Å². The Kier molecular flexibility index (Phi) is 4.78. The van der Waals surface area contributed by atoms with E-state index in [4.69, 9.17) is 16.3 Å². The number of rotatable bonds is 7. The highest BCUT2D eigenvalue weighted by atomic mass is 35.5. The third-order valence-electron chi connectivity index (χ3n) is 5.92. The van der Waals surface area contributed by atoms with Gasteiger partial charge in [-0.25, -0.2) is 4.98 Å². The summed E-state index contributed by atoms with van der Waals surface area (Å²) < 4.78 is 5.60. The summed E-state index contributed by atoms with van der Waals surface area (Å²) in [6.45, 7) is 1.89. The second kappa shape index (κ2) is 7.50. The zero-order chi connectivity index (χ0) is 21.5. The minimum atomic E-state index is -0.141. The maximum Gasteiger partial charge on any atom is 0.258 e. The molecule has 2 bridgehead atoms. The Labute approximate surface area is 185 Å². The van der Waals surface area contributed by atoms with Crippen molar-refractivity contribution in [3.63, 3.8) is 0 Å². The van der Waals surface area contributed by atoms with Crippen LogP contribution in [0.15, 0.2) is 55.1 Å². The number of nitrogens with zero attached hydrogens (tertiary/aromatic N) is 3. The summed E-state index contributed by atoms with van der Waals surface area (Å²) in [5, 5.41) is 7.32. The maximum absolute atomic E-state index is 12.4. The van der Waals surface area contributed by atoms with E-state index in [9.17, 15) is 4.79 Å². The number of carbonyl (C=O) groups excluding carboxylic acids is 1. The average molecular weight is 436 g/mol. The molecule has 2 aromatic heterocycles. The van der Waals surface area contributed by atoms with E-state index in [1.54, 1.807) is 36.9 Å². The van der Waals surface area contributed by atoms with Crippen LogP contribution >= 0.6 is 11.6 Å². The Morgan fingerprint density at radius 2 is 1.97 bits per heavy atom. The minimum absolute atomic E-state index is 0.0120. The molecule has 3 fully saturated rings. The predicted octanol–water partition coefficient (Wildman–Crippen LogP) is 3.78. The number of amides is 1. The molecule has 3 aromatic rings. The van der Waals surface area contributed by atoms with Crippen molar-refractivity contribution in [3.8, 4) is 17.0 Å². The third kappa shape index (κ3) is 3.93. The van der Waals surface area contributed by atoms with E-state index >= 15 is 0 Å². The monoisotopic (exact) mass is 435 g/mol. The molecule has 8 heteroatoms. The molecule has 0 radical (unpaired) electrons. The van der Waals surface area contributed by atoms with Gasteiger partial charge in [-0.15, -0.1) is 0 Å². The Hall–Kier alpha value is -3.19. The summed E-state index contributed by atoms with van der Waals surface area (Å²) in [7, 11) is 0. The number of ether oxygens (including phenoxy) is 1. The molecule has 2 heterocycles. The lowest BCUT2D eigenvalue weighted by Gasteiger charge is -2.70. The third-order valence-corrected chi connectivity index (χ3v) is 6.34. The van der Waals surface area contributed by atoms with Crippen LogP contribution in [0, 0.1) is 6.92 Å². The average Bonchev–Trinajstić information content (AvgIpc) is 2.73. The van der Waals surface area contributed by atoms with Crippen molar-refractivity contribution in [3.05, 3.63) is 65.7 Å². The number of nitrogens with one attached hydrogen (secondary N) is 2. The lowest BCUT2D eigenvalue weighted by Crippen LogP contribution is -2.81. The molecule has 0 spiro atoms. The first kappa shape index (κ1) is 19.8. The fraction of sp³-hybridized carbons (Fsp3) is 0.304. The Morgan fingerprint density at radius 1 is 1.13 bits per heavy atom. The van der Waals surface area contributed by atoms with Crippen LogP contribution in [0.1, 0.15) is 24.8 Å². The molecule has 3 aliphatic rings. The number of aryl methyl sites for hydroxylation is 1. The Balaban J connectivity index is 1.13. The Bertz CT molecular complexity index is 1120. The first-order valence-electron chi connectivity index (χ1n) is 10.2. The van der Waals surface area contributed by atoms with Crippen molar-refractivity contribution in [2.45, 2.75) is 37.3 Å². The van der Waals surface area contributed by atoms with Gasteiger partial charge in [-0.3, -0.25) is 14.8 Å². The fourth-order valence-electron chi connectivity index (χ4n) is 4.59. The molecule has 0 saturated heterocycles. The van der Waals surface area contributed by atoms with Gasteiger partial charge in [0.25, 0.3) is 5.91 Å². The van der Waals surface area contributed by atoms with Crippen molar-refractivity contribution in [2.24, 2.45) is 0 Å². The number of pyridine rings is 1. The molecular formula is C23H22ClN5O2. The van der Waals surface area contributed by atoms with E-state index in [1.165, 1.54) is 0 Å². The van der Waals surface area contributed by atoms with Crippen molar-refractivity contribution in [1.29, 1.82) is 0 Å². The van der Waals surface area contributed by atoms with Gasteiger partial charge in [0.05, 0.1) is 18.1 Å². The van der Waals surface area contributed by atoms with Gasteiger partial charge in [-0.2, -0.15) is 0 Å². The maximum atomic E-state index is 12.4. The van der Waals surface area contributed by atoms with E-state index in [1.807, 2.05) is 25.1 Å². The molecule has 0 aliphatic heterocycles. The summed E-state index contributed by atoms with van der Waals surface area (Å²) >= 11 is 6.02. The quantitative estimate of drug-likeness (QED) is 0.587. The topological polar surface area (TPSA) is 89.0 Å². The molecule has 1 amide bonds. The molecule has 31 heavy (non-hydrogen) atoms.